The van der Waals surface area contributed by atoms with Crippen molar-refractivity contribution in [3.63, 3.8) is 0 Å². The molecule has 13 heavy (non-hydrogen) atoms. The van der Waals surface area contributed by atoms with E-state index in [-0.39, 0.29) is 6.61 Å². The third-order valence-corrected chi connectivity index (χ3v) is 1.84. The molecule has 0 saturated heterocycles. The third-order valence-electron chi connectivity index (χ3n) is 1.59. The van der Waals surface area contributed by atoms with Gasteiger partial charge >= 0.3 is 0 Å². The molecule has 0 radical (unpaired) electrons. The van der Waals surface area contributed by atoms with E-state index in [2.05, 4.69) is 5.73 Å². The van der Waals surface area contributed by atoms with Crippen molar-refractivity contribution in [3.05, 3.63) is 29.3 Å². The molecule has 0 heterocycles. The molecule has 0 aromatic heterocycles. The molecule has 3 nitrogen and oxygen atoms in total. The summed E-state index contributed by atoms with van der Waals surface area (Å²) in [6, 6.07) is 7.01. The lowest BCUT2D eigenvalue weighted by Gasteiger charge is -2.08. The van der Waals surface area contributed by atoms with E-state index in [0.717, 1.165) is 0 Å². The predicted molar refractivity (Wildman–Crippen MR) is 50.7 cm³/mol. The highest BCUT2D eigenvalue weighted by molar-refractivity contribution is 6.30. The number of halogens is 1. The summed E-state index contributed by atoms with van der Waals surface area (Å²) >= 11 is 5.69. The number of ether oxygens (including phenoxy) is 1. The van der Waals surface area contributed by atoms with Gasteiger partial charge in [0.15, 0.2) is 0 Å². The second kappa shape index (κ2) is 5.07. The standard InChI is InChI=1S/C9H12ClNO2/c10-7-1-3-9(4-2-7)13-6-8(12)5-11/h1-4,8,12H,5-6,11H2/p+1/t8-/m1/s1. The van der Waals surface area contributed by atoms with Gasteiger partial charge in [0, 0.05) is 5.02 Å². The van der Waals surface area contributed by atoms with Crippen LogP contribution in [-0.4, -0.2) is 24.4 Å². The summed E-state index contributed by atoms with van der Waals surface area (Å²) in [6.45, 7) is 0.721. The number of aliphatic hydroxyl groups excluding tert-OH is 1. The number of hydrogen-bond donors (Lipinski definition) is 2. The first-order chi connectivity index (χ1) is 6.22. The Bertz CT molecular complexity index is 250. The Kier molecular flexibility index (Phi) is 4.02. The second-order valence-electron chi connectivity index (χ2n) is 2.71. The summed E-state index contributed by atoms with van der Waals surface area (Å²) in [4.78, 5) is 0. The summed E-state index contributed by atoms with van der Waals surface area (Å²) in [5.74, 6) is 0.705. The molecule has 1 atom stereocenters. The molecule has 1 rings (SSSR count). The van der Waals surface area contributed by atoms with Crippen LogP contribution in [0.4, 0.5) is 0 Å². The molecule has 1 aromatic rings. The maximum absolute atomic E-state index is 9.16. The van der Waals surface area contributed by atoms with Crippen molar-refractivity contribution < 1.29 is 15.6 Å². The van der Waals surface area contributed by atoms with E-state index in [1.54, 1.807) is 24.3 Å². The van der Waals surface area contributed by atoms with Crippen molar-refractivity contribution in [2.75, 3.05) is 13.2 Å². The SMILES string of the molecule is [NH3+]C[C@@H](O)COc1ccc(Cl)cc1. The predicted octanol–water partition coefficient (Wildman–Crippen LogP) is 0.322. The molecule has 0 aliphatic carbocycles. The normalized spacial score (nSPS) is 12.5. The van der Waals surface area contributed by atoms with Crippen LogP contribution in [0, 0.1) is 0 Å². The second-order valence-corrected chi connectivity index (χ2v) is 3.14. The van der Waals surface area contributed by atoms with Crippen molar-refractivity contribution in [3.8, 4) is 5.75 Å². The van der Waals surface area contributed by atoms with Gasteiger partial charge in [-0.3, -0.25) is 0 Å². The van der Waals surface area contributed by atoms with Gasteiger partial charge in [0.2, 0.25) is 0 Å². The molecular formula is C9H13ClNO2+. The smallest absolute Gasteiger partial charge is 0.136 e. The van der Waals surface area contributed by atoms with Gasteiger partial charge in [-0.2, -0.15) is 0 Å². The monoisotopic (exact) mass is 202 g/mol. The average Bonchev–Trinajstić information content (AvgIpc) is 2.16. The van der Waals surface area contributed by atoms with Gasteiger partial charge in [-0.15, -0.1) is 0 Å². The first kappa shape index (κ1) is 10.3. The van der Waals surface area contributed by atoms with Crippen LogP contribution < -0.4 is 10.5 Å². The molecule has 0 aliphatic rings. The molecule has 0 amide bonds. The minimum Gasteiger partial charge on any atom is -0.491 e. The fourth-order valence-electron chi connectivity index (χ4n) is 0.807. The lowest BCUT2D eigenvalue weighted by atomic mass is 10.3. The highest BCUT2D eigenvalue weighted by Gasteiger charge is 2.03. The highest BCUT2D eigenvalue weighted by atomic mass is 35.5. The number of aliphatic hydroxyl groups is 1. The van der Waals surface area contributed by atoms with Crippen molar-refractivity contribution in [1.82, 2.24) is 0 Å². The average molecular weight is 203 g/mol. The molecule has 0 spiro atoms. The summed E-state index contributed by atoms with van der Waals surface area (Å²) < 4.78 is 5.27. The van der Waals surface area contributed by atoms with Crippen LogP contribution in [0.5, 0.6) is 5.75 Å². The highest BCUT2D eigenvalue weighted by Crippen LogP contribution is 2.15. The molecular weight excluding hydrogens is 190 g/mol. The zero-order valence-corrected chi connectivity index (χ0v) is 8.00. The maximum Gasteiger partial charge on any atom is 0.136 e. The van der Waals surface area contributed by atoms with Crippen LogP contribution in [0.25, 0.3) is 0 Å². The van der Waals surface area contributed by atoms with Crippen LogP contribution in [0.3, 0.4) is 0 Å². The Morgan fingerprint density at radius 2 is 2.00 bits per heavy atom. The minimum absolute atomic E-state index is 0.269. The van der Waals surface area contributed by atoms with Crippen molar-refractivity contribution in [2.24, 2.45) is 0 Å². The summed E-state index contributed by atoms with van der Waals surface area (Å²) in [6.07, 6.45) is -0.504. The zero-order valence-electron chi connectivity index (χ0n) is 7.24. The largest absolute Gasteiger partial charge is 0.491 e. The van der Waals surface area contributed by atoms with E-state index in [1.165, 1.54) is 0 Å². The summed E-state index contributed by atoms with van der Waals surface area (Å²) in [5.41, 5.74) is 3.56. The molecule has 0 aliphatic heterocycles. The van der Waals surface area contributed by atoms with E-state index in [1.807, 2.05) is 0 Å². The van der Waals surface area contributed by atoms with Crippen molar-refractivity contribution in [2.45, 2.75) is 6.10 Å². The maximum atomic E-state index is 9.16. The van der Waals surface area contributed by atoms with Gasteiger partial charge in [0.1, 0.15) is 25.0 Å². The lowest BCUT2D eigenvalue weighted by Crippen LogP contribution is -2.56. The third kappa shape index (κ3) is 3.63. The van der Waals surface area contributed by atoms with Crippen LogP contribution in [0.15, 0.2) is 24.3 Å². The fourth-order valence-corrected chi connectivity index (χ4v) is 0.933. The number of rotatable bonds is 4. The summed E-state index contributed by atoms with van der Waals surface area (Å²) in [7, 11) is 0. The molecule has 0 bridgehead atoms. The molecule has 0 fully saturated rings. The van der Waals surface area contributed by atoms with Gasteiger partial charge in [0.05, 0.1) is 0 Å². The number of quaternary nitrogens is 1. The van der Waals surface area contributed by atoms with E-state index in [4.69, 9.17) is 21.4 Å². The Balaban J connectivity index is 2.41. The Hall–Kier alpha value is -0.770. The molecule has 72 valence electrons. The Labute approximate surface area is 82.1 Å². The molecule has 0 saturated carbocycles. The van der Waals surface area contributed by atoms with E-state index >= 15 is 0 Å². The molecule has 4 heteroatoms. The minimum atomic E-state index is -0.504. The van der Waals surface area contributed by atoms with Crippen molar-refractivity contribution in [1.29, 1.82) is 0 Å². The Morgan fingerprint density at radius 1 is 1.38 bits per heavy atom. The van der Waals surface area contributed by atoms with Gasteiger partial charge in [-0.25, -0.2) is 0 Å². The Morgan fingerprint density at radius 3 is 2.54 bits per heavy atom. The van der Waals surface area contributed by atoms with Gasteiger partial charge in [-0.1, -0.05) is 11.6 Å². The first-order valence-electron chi connectivity index (χ1n) is 4.08. The first-order valence-corrected chi connectivity index (χ1v) is 4.46. The van der Waals surface area contributed by atoms with Crippen LogP contribution in [0.2, 0.25) is 5.02 Å². The quantitative estimate of drug-likeness (QED) is 0.739. The zero-order chi connectivity index (χ0) is 9.68. The number of hydrogen-bond acceptors (Lipinski definition) is 2. The van der Waals surface area contributed by atoms with Crippen LogP contribution in [0.1, 0.15) is 0 Å². The lowest BCUT2D eigenvalue weighted by molar-refractivity contribution is -0.384. The molecule has 4 N–H and O–H groups in total. The van der Waals surface area contributed by atoms with E-state index in [9.17, 15) is 0 Å². The van der Waals surface area contributed by atoms with Crippen LogP contribution >= 0.6 is 11.6 Å². The van der Waals surface area contributed by atoms with Gasteiger partial charge in [-0.05, 0) is 24.3 Å². The topological polar surface area (TPSA) is 57.1 Å². The molecule has 0 unspecified atom stereocenters. The molecule has 1 aromatic carbocycles. The van der Waals surface area contributed by atoms with Crippen molar-refractivity contribution >= 4 is 11.6 Å². The number of benzene rings is 1. The van der Waals surface area contributed by atoms with Gasteiger partial charge < -0.3 is 15.6 Å². The fraction of sp³-hybridized carbons (Fsp3) is 0.333. The van der Waals surface area contributed by atoms with E-state index in [0.29, 0.717) is 17.3 Å². The summed E-state index contributed by atoms with van der Waals surface area (Å²) in [5, 5.41) is 9.83. The van der Waals surface area contributed by atoms with E-state index < -0.39 is 6.10 Å². The van der Waals surface area contributed by atoms with Crippen LogP contribution in [-0.2, 0) is 0 Å². The van der Waals surface area contributed by atoms with Gasteiger partial charge in [0.25, 0.3) is 0 Å².